The Morgan fingerprint density at radius 3 is 2.63 bits per heavy atom. The zero-order valence-corrected chi connectivity index (χ0v) is 11.6. The second kappa shape index (κ2) is 6.78. The van der Waals surface area contributed by atoms with Crippen molar-refractivity contribution in [1.29, 1.82) is 0 Å². The van der Waals surface area contributed by atoms with Crippen LogP contribution in [-0.2, 0) is 0 Å². The first-order valence-electron chi connectivity index (χ1n) is 6.33. The predicted octanol–water partition coefficient (Wildman–Crippen LogP) is 1.84. The lowest BCUT2D eigenvalue weighted by molar-refractivity contribution is 0.0753. The Bertz CT molecular complexity index is 472. The quantitative estimate of drug-likeness (QED) is 0.368. The Kier molecular flexibility index (Phi) is 5.36. The molecule has 0 aliphatic heterocycles. The maximum atomic E-state index is 12.4. The van der Waals surface area contributed by atoms with Gasteiger partial charge in [0.05, 0.1) is 0 Å². The smallest absolute Gasteiger partial charge is 0.254 e. The van der Waals surface area contributed by atoms with E-state index in [1.54, 1.807) is 4.90 Å². The normalized spacial score (nSPS) is 13.1. The molecule has 0 saturated carbocycles. The standard InChI is InChI=1S/C14H21N3O2/c1-4-17(9-11(3)13(15)16-19)14(18)12-8-6-5-7-10(12)2/h5-8,11,19H,4,9H2,1-3H3,(H2,15,16). The summed E-state index contributed by atoms with van der Waals surface area (Å²) in [5.74, 6) is -0.0767. The predicted molar refractivity (Wildman–Crippen MR) is 75.3 cm³/mol. The fraction of sp³-hybridized carbons (Fsp3) is 0.429. The van der Waals surface area contributed by atoms with Gasteiger partial charge in [-0.1, -0.05) is 30.3 Å². The second-order valence-corrected chi connectivity index (χ2v) is 4.58. The van der Waals surface area contributed by atoms with Gasteiger partial charge in [-0.25, -0.2) is 0 Å². The molecule has 5 heteroatoms. The Morgan fingerprint density at radius 1 is 1.47 bits per heavy atom. The van der Waals surface area contributed by atoms with E-state index >= 15 is 0 Å². The lowest BCUT2D eigenvalue weighted by Crippen LogP contribution is -2.39. The summed E-state index contributed by atoms with van der Waals surface area (Å²) in [4.78, 5) is 14.1. The molecule has 0 aliphatic carbocycles. The third kappa shape index (κ3) is 3.71. The van der Waals surface area contributed by atoms with Gasteiger partial charge >= 0.3 is 0 Å². The zero-order chi connectivity index (χ0) is 14.4. The molecule has 0 heterocycles. The van der Waals surface area contributed by atoms with Gasteiger partial charge in [-0.15, -0.1) is 0 Å². The molecule has 0 aliphatic rings. The summed E-state index contributed by atoms with van der Waals surface area (Å²) in [6, 6.07) is 7.48. The van der Waals surface area contributed by atoms with Crippen molar-refractivity contribution in [2.24, 2.45) is 16.8 Å². The average molecular weight is 263 g/mol. The molecule has 0 fully saturated rings. The molecule has 0 saturated heterocycles. The van der Waals surface area contributed by atoms with Gasteiger partial charge in [0.2, 0.25) is 0 Å². The van der Waals surface area contributed by atoms with Gasteiger partial charge in [-0.3, -0.25) is 4.79 Å². The van der Waals surface area contributed by atoms with Crippen molar-refractivity contribution in [2.75, 3.05) is 13.1 Å². The Labute approximate surface area is 113 Å². The van der Waals surface area contributed by atoms with Gasteiger partial charge in [-0.2, -0.15) is 0 Å². The molecule has 0 bridgehead atoms. The summed E-state index contributed by atoms with van der Waals surface area (Å²) < 4.78 is 0. The van der Waals surface area contributed by atoms with E-state index in [2.05, 4.69) is 5.16 Å². The minimum Gasteiger partial charge on any atom is -0.409 e. The minimum absolute atomic E-state index is 0.0295. The third-order valence-electron chi connectivity index (χ3n) is 3.16. The molecular weight excluding hydrogens is 242 g/mol. The van der Waals surface area contributed by atoms with Crippen LogP contribution in [0.2, 0.25) is 0 Å². The number of benzene rings is 1. The van der Waals surface area contributed by atoms with E-state index in [0.29, 0.717) is 18.7 Å². The number of hydrogen-bond donors (Lipinski definition) is 2. The monoisotopic (exact) mass is 263 g/mol. The summed E-state index contributed by atoms with van der Waals surface area (Å²) in [6.45, 7) is 6.65. The molecule has 1 aromatic rings. The molecule has 5 nitrogen and oxygen atoms in total. The highest BCUT2D eigenvalue weighted by molar-refractivity contribution is 5.96. The van der Waals surface area contributed by atoms with Crippen LogP contribution in [0.5, 0.6) is 0 Å². The molecule has 0 aromatic heterocycles. The number of carbonyl (C=O) groups is 1. The lowest BCUT2D eigenvalue weighted by Gasteiger charge is -2.24. The highest BCUT2D eigenvalue weighted by Crippen LogP contribution is 2.12. The molecule has 104 valence electrons. The minimum atomic E-state index is -0.182. The van der Waals surface area contributed by atoms with Gasteiger partial charge in [0, 0.05) is 24.6 Å². The summed E-state index contributed by atoms with van der Waals surface area (Å²) >= 11 is 0. The number of hydrogen-bond acceptors (Lipinski definition) is 3. The van der Waals surface area contributed by atoms with Crippen LogP contribution in [0, 0.1) is 12.8 Å². The van der Waals surface area contributed by atoms with E-state index in [0.717, 1.165) is 5.56 Å². The summed E-state index contributed by atoms with van der Waals surface area (Å²) in [5, 5.41) is 11.6. The molecule has 1 rings (SSSR count). The fourth-order valence-electron chi connectivity index (χ4n) is 1.86. The molecule has 1 atom stereocenters. The van der Waals surface area contributed by atoms with Crippen LogP contribution in [0.1, 0.15) is 29.8 Å². The van der Waals surface area contributed by atoms with E-state index in [4.69, 9.17) is 10.9 Å². The number of oxime groups is 1. The average Bonchev–Trinajstić information content (AvgIpc) is 2.43. The van der Waals surface area contributed by atoms with Gasteiger partial charge in [0.25, 0.3) is 5.91 Å². The second-order valence-electron chi connectivity index (χ2n) is 4.58. The summed E-state index contributed by atoms with van der Waals surface area (Å²) in [7, 11) is 0. The number of amidine groups is 1. The van der Waals surface area contributed by atoms with Crippen LogP contribution >= 0.6 is 0 Å². The van der Waals surface area contributed by atoms with Crippen LogP contribution in [0.15, 0.2) is 29.4 Å². The number of nitrogens with two attached hydrogens (primary N) is 1. The van der Waals surface area contributed by atoms with Crippen LogP contribution in [0.4, 0.5) is 0 Å². The van der Waals surface area contributed by atoms with Crippen LogP contribution in [0.3, 0.4) is 0 Å². The molecule has 3 N–H and O–H groups in total. The Morgan fingerprint density at radius 2 is 2.11 bits per heavy atom. The molecule has 0 spiro atoms. The van der Waals surface area contributed by atoms with E-state index in [1.807, 2.05) is 45.0 Å². The van der Waals surface area contributed by atoms with Gasteiger partial charge < -0.3 is 15.8 Å². The van der Waals surface area contributed by atoms with E-state index in [-0.39, 0.29) is 17.7 Å². The van der Waals surface area contributed by atoms with Gasteiger partial charge in [0.1, 0.15) is 5.84 Å². The van der Waals surface area contributed by atoms with Crippen molar-refractivity contribution in [3.63, 3.8) is 0 Å². The molecular formula is C14H21N3O2. The van der Waals surface area contributed by atoms with Crippen molar-refractivity contribution in [3.05, 3.63) is 35.4 Å². The highest BCUT2D eigenvalue weighted by atomic mass is 16.4. The molecule has 1 aromatic carbocycles. The zero-order valence-electron chi connectivity index (χ0n) is 11.6. The highest BCUT2D eigenvalue weighted by Gasteiger charge is 2.19. The van der Waals surface area contributed by atoms with E-state index in [9.17, 15) is 4.79 Å². The molecule has 0 radical (unpaired) electrons. The van der Waals surface area contributed by atoms with Crippen molar-refractivity contribution < 1.29 is 10.0 Å². The third-order valence-corrected chi connectivity index (χ3v) is 3.16. The summed E-state index contributed by atoms with van der Waals surface area (Å²) in [5.41, 5.74) is 7.19. The fourth-order valence-corrected chi connectivity index (χ4v) is 1.86. The Hall–Kier alpha value is -2.04. The van der Waals surface area contributed by atoms with Crippen molar-refractivity contribution in [2.45, 2.75) is 20.8 Å². The van der Waals surface area contributed by atoms with Crippen LogP contribution in [-0.4, -0.2) is 34.9 Å². The SMILES string of the molecule is CCN(CC(C)/C(N)=N/O)C(=O)c1ccccc1C. The van der Waals surface area contributed by atoms with Gasteiger partial charge in [-0.05, 0) is 25.5 Å². The lowest BCUT2D eigenvalue weighted by atomic mass is 10.1. The first-order valence-corrected chi connectivity index (χ1v) is 6.33. The van der Waals surface area contributed by atoms with Gasteiger partial charge in [0.15, 0.2) is 0 Å². The topological polar surface area (TPSA) is 78.9 Å². The number of nitrogens with zero attached hydrogens (tertiary/aromatic N) is 2. The number of aryl methyl sites for hydroxylation is 1. The molecule has 1 amide bonds. The first-order chi connectivity index (χ1) is 9.01. The van der Waals surface area contributed by atoms with E-state index in [1.165, 1.54) is 0 Å². The molecule has 19 heavy (non-hydrogen) atoms. The van der Waals surface area contributed by atoms with Crippen molar-refractivity contribution in [1.82, 2.24) is 4.90 Å². The molecule has 1 unspecified atom stereocenters. The van der Waals surface area contributed by atoms with E-state index < -0.39 is 0 Å². The van der Waals surface area contributed by atoms with Crippen molar-refractivity contribution in [3.8, 4) is 0 Å². The number of rotatable bonds is 5. The number of carbonyl (C=O) groups excluding carboxylic acids is 1. The van der Waals surface area contributed by atoms with Crippen LogP contribution in [0.25, 0.3) is 0 Å². The first kappa shape index (κ1) is 15.0. The Balaban J connectivity index is 2.86. The maximum absolute atomic E-state index is 12.4. The van der Waals surface area contributed by atoms with Crippen LogP contribution < -0.4 is 5.73 Å². The summed E-state index contributed by atoms with van der Waals surface area (Å²) in [6.07, 6.45) is 0. The number of amides is 1. The largest absolute Gasteiger partial charge is 0.409 e. The maximum Gasteiger partial charge on any atom is 0.254 e. The van der Waals surface area contributed by atoms with Crippen molar-refractivity contribution >= 4 is 11.7 Å².